The fourth-order valence-electron chi connectivity index (χ4n) is 3.36. The fraction of sp³-hybridized carbons (Fsp3) is 0.611. The van der Waals surface area contributed by atoms with Gasteiger partial charge in [-0.25, -0.2) is 0 Å². The lowest BCUT2D eigenvalue weighted by atomic mass is 9.75. The number of piperidine rings is 1. The molecule has 1 saturated heterocycles. The van der Waals surface area contributed by atoms with Crippen molar-refractivity contribution < 1.29 is 22.7 Å². The summed E-state index contributed by atoms with van der Waals surface area (Å²) in [5.41, 5.74) is 0.0190. The predicted octanol–water partition coefficient (Wildman–Crippen LogP) is 1.69. The van der Waals surface area contributed by atoms with Crippen LogP contribution in [0, 0.1) is 5.41 Å². The second kappa shape index (κ2) is 8.37. The van der Waals surface area contributed by atoms with Gasteiger partial charge in [0, 0.05) is 27.2 Å². The van der Waals surface area contributed by atoms with Gasteiger partial charge in [0.15, 0.2) is 0 Å². The summed E-state index contributed by atoms with van der Waals surface area (Å²) < 4.78 is 38.3. The largest absolute Gasteiger partial charge is 0.497 e. The third-order valence-electron chi connectivity index (χ3n) is 4.71. The first-order valence-corrected chi connectivity index (χ1v) is 10.1. The van der Waals surface area contributed by atoms with Crippen LogP contribution in [0.2, 0.25) is 0 Å². The maximum absolute atomic E-state index is 12.8. The molecule has 0 aliphatic carbocycles. The van der Waals surface area contributed by atoms with E-state index in [9.17, 15) is 13.2 Å². The highest BCUT2D eigenvalue weighted by Crippen LogP contribution is 2.37. The quantitative estimate of drug-likeness (QED) is 0.669. The minimum Gasteiger partial charge on any atom is -0.497 e. The van der Waals surface area contributed by atoms with Crippen LogP contribution in [0.3, 0.4) is 0 Å². The van der Waals surface area contributed by atoms with E-state index in [4.69, 9.17) is 9.47 Å². The summed E-state index contributed by atoms with van der Waals surface area (Å²) in [6, 6.07) is 7.50. The molecular weight excluding hydrogens is 356 g/mol. The Labute approximate surface area is 156 Å². The molecule has 1 atom stereocenters. The number of hydrogen-bond donors (Lipinski definition) is 0. The van der Waals surface area contributed by atoms with Gasteiger partial charge in [0.05, 0.1) is 19.1 Å². The van der Waals surface area contributed by atoms with Crippen LogP contribution in [0.4, 0.5) is 0 Å². The molecule has 7 nitrogen and oxygen atoms in total. The van der Waals surface area contributed by atoms with Gasteiger partial charge in [-0.1, -0.05) is 12.1 Å². The van der Waals surface area contributed by atoms with Crippen molar-refractivity contribution >= 4 is 16.2 Å². The van der Waals surface area contributed by atoms with Gasteiger partial charge in [0.1, 0.15) is 5.75 Å². The van der Waals surface area contributed by atoms with Crippen molar-refractivity contribution in [3.63, 3.8) is 0 Å². The van der Waals surface area contributed by atoms with Gasteiger partial charge in [-0.2, -0.15) is 17.0 Å². The van der Waals surface area contributed by atoms with E-state index in [1.165, 1.54) is 22.7 Å². The van der Waals surface area contributed by atoms with Gasteiger partial charge in [0.25, 0.3) is 10.2 Å². The predicted molar refractivity (Wildman–Crippen MR) is 99.2 cm³/mol. The molecule has 0 radical (unpaired) electrons. The highest BCUT2D eigenvalue weighted by atomic mass is 32.2. The Balaban J connectivity index is 2.37. The van der Waals surface area contributed by atoms with E-state index in [1.807, 2.05) is 24.3 Å². The van der Waals surface area contributed by atoms with Crippen LogP contribution in [0.15, 0.2) is 24.3 Å². The van der Waals surface area contributed by atoms with Gasteiger partial charge >= 0.3 is 5.97 Å². The molecule has 2 rings (SSSR count). The lowest BCUT2D eigenvalue weighted by molar-refractivity contribution is -0.158. The molecule has 26 heavy (non-hydrogen) atoms. The molecule has 146 valence electrons. The summed E-state index contributed by atoms with van der Waals surface area (Å²) in [6.45, 7) is 2.54. The number of esters is 1. The average molecular weight is 384 g/mol. The van der Waals surface area contributed by atoms with Gasteiger partial charge in [-0.15, -0.1) is 0 Å². The summed E-state index contributed by atoms with van der Waals surface area (Å²) in [5.74, 6) is 0.358. The van der Waals surface area contributed by atoms with Gasteiger partial charge in [-0.05, 0) is 43.9 Å². The van der Waals surface area contributed by atoms with Crippen molar-refractivity contribution in [1.29, 1.82) is 0 Å². The molecule has 1 fully saturated rings. The Morgan fingerprint density at radius 1 is 1.35 bits per heavy atom. The van der Waals surface area contributed by atoms with Gasteiger partial charge < -0.3 is 9.47 Å². The van der Waals surface area contributed by atoms with Crippen LogP contribution in [0.1, 0.15) is 25.3 Å². The maximum atomic E-state index is 12.8. The van der Waals surface area contributed by atoms with Gasteiger partial charge in [-0.3, -0.25) is 4.79 Å². The van der Waals surface area contributed by atoms with E-state index < -0.39 is 15.6 Å². The van der Waals surface area contributed by atoms with E-state index >= 15 is 0 Å². The van der Waals surface area contributed by atoms with Crippen LogP contribution in [0.25, 0.3) is 0 Å². The van der Waals surface area contributed by atoms with Crippen molar-refractivity contribution in [2.24, 2.45) is 5.41 Å². The van der Waals surface area contributed by atoms with E-state index in [0.29, 0.717) is 31.6 Å². The zero-order valence-electron chi connectivity index (χ0n) is 15.9. The number of ether oxygens (including phenoxy) is 2. The minimum atomic E-state index is -3.59. The summed E-state index contributed by atoms with van der Waals surface area (Å²) in [4.78, 5) is 12.8. The van der Waals surface area contributed by atoms with Crippen LogP contribution < -0.4 is 4.74 Å². The number of nitrogens with zero attached hydrogens (tertiary/aromatic N) is 2. The third-order valence-corrected chi connectivity index (χ3v) is 6.60. The van der Waals surface area contributed by atoms with Crippen molar-refractivity contribution in [3.8, 4) is 5.75 Å². The number of rotatable bonds is 7. The summed E-state index contributed by atoms with van der Waals surface area (Å²) in [7, 11) is 0.995. The molecule has 8 heteroatoms. The second-order valence-electron chi connectivity index (χ2n) is 6.76. The van der Waals surface area contributed by atoms with E-state index in [-0.39, 0.29) is 19.1 Å². The standard InChI is InChI=1S/C18H28N2O5S/c1-5-25-17(21)18(13-15-8-6-9-16(12-15)24-4)10-7-11-20(14-18)26(22,23)19(2)3/h6,8-9,12H,5,7,10-11,13-14H2,1-4H3/t18-/m0/s1. The first-order chi connectivity index (χ1) is 12.2. The number of carbonyl (C=O) groups excluding carboxylic acids is 1. The molecule has 1 heterocycles. The van der Waals surface area contributed by atoms with Crippen LogP contribution in [-0.2, 0) is 26.2 Å². The maximum Gasteiger partial charge on any atom is 0.313 e. The Hall–Kier alpha value is -1.64. The zero-order valence-corrected chi connectivity index (χ0v) is 16.7. The summed E-state index contributed by atoms with van der Waals surface area (Å²) >= 11 is 0. The average Bonchev–Trinajstić information content (AvgIpc) is 2.62. The summed E-state index contributed by atoms with van der Waals surface area (Å²) in [5, 5.41) is 0. The third kappa shape index (κ3) is 4.36. The number of benzene rings is 1. The molecule has 1 aliphatic heterocycles. The van der Waals surface area contributed by atoms with Crippen molar-refractivity contribution in [2.75, 3.05) is 40.9 Å². The Bertz CT molecular complexity index is 735. The smallest absolute Gasteiger partial charge is 0.313 e. The van der Waals surface area contributed by atoms with E-state index in [2.05, 4.69) is 0 Å². The normalized spacial score (nSPS) is 21.6. The SMILES string of the molecule is CCOC(=O)[C@]1(Cc2cccc(OC)c2)CCCN(S(=O)(=O)N(C)C)C1. The molecule has 0 N–H and O–H groups in total. The van der Waals surface area contributed by atoms with Crippen molar-refractivity contribution in [3.05, 3.63) is 29.8 Å². The molecule has 0 amide bonds. The summed E-state index contributed by atoms with van der Waals surface area (Å²) in [6.07, 6.45) is 1.60. The Morgan fingerprint density at radius 2 is 2.08 bits per heavy atom. The van der Waals surface area contributed by atoms with Crippen LogP contribution in [-0.4, -0.2) is 63.9 Å². The number of hydrogen-bond acceptors (Lipinski definition) is 5. The molecule has 1 aromatic carbocycles. The molecule has 0 bridgehead atoms. The fourth-order valence-corrected chi connectivity index (χ4v) is 4.59. The van der Waals surface area contributed by atoms with Gasteiger partial charge in [0.2, 0.25) is 0 Å². The minimum absolute atomic E-state index is 0.115. The van der Waals surface area contributed by atoms with E-state index in [0.717, 1.165) is 5.56 Å². The molecule has 1 aromatic rings. The van der Waals surface area contributed by atoms with Crippen LogP contribution in [0.5, 0.6) is 5.75 Å². The number of methoxy groups -OCH3 is 1. The number of carbonyl (C=O) groups is 1. The first-order valence-electron chi connectivity index (χ1n) is 8.73. The topological polar surface area (TPSA) is 76.1 Å². The van der Waals surface area contributed by atoms with Crippen LogP contribution >= 0.6 is 0 Å². The molecule has 0 unspecified atom stereocenters. The molecule has 1 aliphatic rings. The lowest BCUT2D eigenvalue weighted by Gasteiger charge is -2.41. The zero-order chi connectivity index (χ0) is 19.4. The molecular formula is C18H28N2O5S. The first kappa shape index (κ1) is 20.7. The monoisotopic (exact) mass is 384 g/mol. The second-order valence-corrected chi connectivity index (χ2v) is 8.90. The van der Waals surface area contributed by atoms with E-state index in [1.54, 1.807) is 14.0 Å². The highest BCUT2D eigenvalue weighted by molar-refractivity contribution is 7.86. The highest BCUT2D eigenvalue weighted by Gasteiger charge is 2.46. The molecule has 0 saturated carbocycles. The van der Waals surface area contributed by atoms with Crippen molar-refractivity contribution in [1.82, 2.24) is 8.61 Å². The molecule has 0 aromatic heterocycles. The molecule has 0 spiro atoms. The Kier molecular flexibility index (Phi) is 6.65. The van der Waals surface area contributed by atoms with Crippen molar-refractivity contribution in [2.45, 2.75) is 26.2 Å². The Morgan fingerprint density at radius 3 is 2.69 bits per heavy atom. The lowest BCUT2D eigenvalue weighted by Crippen LogP contribution is -2.53.